The Balaban J connectivity index is 1.23. The zero-order valence-electron chi connectivity index (χ0n) is 26.2. The van der Waals surface area contributed by atoms with Crippen LogP contribution in [0.5, 0.6) is 5.75 Å². The van der Waals surface area contributed by atoms with Crippen LogP contribution in [0.15, 0.2) is 77.2 Å². The molecule has 1 fully saturated rings. The van der Waals surface area contributed by atoms with E-state index >= 15 is 0 Å². The number of nitrogens with zero attached hydrogens (tertiary/aromatic N) is 5. The average molecular weight is 642 g/mol. The lowest BCUT2D eigenvalue weighted by molar-refractivity contribution is 0.101. The van der Waals surface area contributed by atoms with Crippen LogP contribution < -0.4 is 19.8 Å². The molecule has 46 heavy (non-hydrogen) atoms. The van der Waals surface area contributed by atoms with Gasteiger partial charge >= 0.3 is 0 Å². The number of anilines is 3. The quantitative estimate of drug-likeness (QED) is 0.215. The summed E-state index contributed by atoms with van der Waals surface area (Å²) in [5.41, 5.74) is 4.70. The van der Waals surface area contributed by atoms with Gasteiger partial charge in [0.25, 0.3) is 5.91 Å². The van der Waals surface area contributed by atoms with Crippen LogP contribution in [0.2, 0.25) is 0 Å². The number of hydrogen-bond donors (Lipinski definition) is 2. The molecule has 3 aromatic carbocycles. The summed E-state index contributed by atoms with van der Waals surface area (Å²) in [4.78, 5) is 31.0. The zero-order chi connectivity index (χ0) is 32.8. The molecule has 12 nitrogen and oxygen atoms in total. The van der Waals surface area contributed by atoms with E-state index < -0.39 is 15.9 Å². The number of rotatable bonds is 10. The highest BCUT2D eigenvalue weighted by molar-refractivity contribution is 7.92. The van der Waals surface area contributed by atoms with Crippen LogP contribution in [0, 0.1) is 6.92 Å². The Morgan fingerprint density at radius 1 is 1.02 bits per heavy atom. The molecule has 1 aliphatic carbocycles. The minimum Gasteiger partial charge on any atom is -0.492 e. The first-order valence-corrected chi connectivity index (χ1v) is 16.7. The molecule has 13 heteroatoms. The smallest absolute Gasteiger partial charge is 0.255 e. The Kier molecular flexibility index (Phi) is 7.88. The van der Waals surface area contributed by atoms with Gasteiger partial charge in [-0.05, 0) is 60.6 Å². The molecule has 2 aliphatic rings. The van der Waals surface area contributed by atoms with E-state index in [9.17, 15) is 18.0 Å². The van der Waals surface area contributed by atoms with E-state index in [0.29, 0.717) is 34.9 Å². The number of nitrogens with one attached hydrogen (secondary N) is 2. The maximum atomic E-state index is 13.6. The van der Waals surface area contributed by atoms with Gasteiger partial charge in [-0.15, -0.1) is 0 Å². The minimum atomic E-state index is -3.60. The molecule has 0 spiro atoms. The second kappa shape index (κ2) is 11.7. The highest BCUT2D eigenvalue weighted by atomic mass is 32.2. The Labute approximate surface area is 267 Å². The standard InChI is InChI=1S/C33H35N7O5S/c1-20-11-12-22(32(42)35-24-16-23(33(2)13-14-33)17-25(30(24)45-4)37-46(5,43)44)15-27(20)40-19-26(36-38-40)28-18-34-31(39(28)3)29(41)21-9-7-6-8-10-21/h6-12,15-18,26,37H,13-14,19H2,1-5H3,(H,35,42). The van der Waals surface area contributed by atoms with E-state index in [4.69, 9.17) is 4.74 Å². The van der Waals surface area contributed by atoms with E-state index in [1.165, 1.54) is 7.11 Å². The van der Waals surface area contributed by atoms with Crippen molar-refractivity contribution in [2.75, 3.05) is 35.0 Å². The molecule has 6 rings (SSSR count). The van der Waals surface area contributed by atoms with Gasteiger partial charge in [0.2, 0.25) is 15.8 Å². The summed E-state index contributed by atoms with van der Waals surface area (Å²) in [7, 11) is -0.384. The monoisotopic (exact) mass is 641 g/mol. The van der Waals surface area contributed by atoms with Crippen molar-refractivity contribution < 1.29 is 22.7 Å². The highest BCUT2D eigenvalue weighted by Crippen LogP contribution is 2.51. The van der Waals surface area contributed by atoms with Crippen molar-refractivity contribution in [3.8, 4) is 5.75 Å². The van der Waals surface area contributed by atoms with Crippen molar-refractivity contribution >= 4 is 38.8 Å². The van der Waals surface area contributed by atoms with Gasteiger partial charge in [-0.25, -0.2) is 18.4 Å². The summed E-state index contributed by atoms with van der Waals surface area (Å²) in [6.45, 7) is 4.41. The fraction of sp³-hybridized carbons (Fsp3) is 0.303. The topological polar surface area (TPSA) is 147 Å². The SMILES string of the molecule is COc1c(NC(=O)c2ccc(C)c(N3CC(c4cnc(C(=O)c5ccccc5)n4C)N=N3)c2)cc(C2(C)CC2)cc1NS(C)(=O)=O. The van der Waals surface area contributed by atoms with E-state index in [2.05, 4.69) is 32.3 Å². The first-order chi connectivity index (χ1) is 21.9. The number of imidazole rings is 1. The minimum absolute atomic E-state index is 0.0997. The molecule has 1 atom stereocenters. The van der Waals surface area contributed by atoms with Crippen LogP contribution in [0.1, 0.15) is 69.2 Å². The number of carbonyl (C=O) groups is 2. The van der Waals surface area contributed by atoms with E-state index in [1.807, 2.05) is 37.3 Å². The fourth-order valence-electron chi connectivity index (χ4n) is 5.59. The Bertz CT molecular complexity index is 1980. The lowest BCUT2D eigenvalue weighted by atomic mass is 9.96. The molecule has 2 N–H and O–H groups in total. The second-order valence-electron chi connectivity index (χ2n) is 12.1. The van der Waals surface area contributed by atoms with Gasteiger partial charge in [0.1, 0.15) is 6.04 Å². The Morgan fingerprint density at radius 2 is 1.74 bits per heavy atom. The Hall–Kier alpha value is -5.04. The maximum absolute atomic E-state index is 13.6. The summed E-state index contributed by atoms with van der Waals surface area (Å²) >= 11 is 0. The summed E-state index contributed by atoms with van der Waals surface area (Å²) in [6.07, 6.45) is 4.64. The highest BCUT2D eigenvalue weighted by Gasteiger charge is 2.40. The van der Waals surface area contributed by atoms with Crippen LogP contribution in [0.4, 0.5) is 17.1 Å². The van der Waals surface area contributed by atoms with Gasteiger partial charge in [-0.2, -0.15) is 5.11 Å². The summed E-state index contributed by atoms with van der Waals surface area (Å²) < 4.78 is 34.1. The third kappa shape index (κ3) is 6.10. The van der Waals surface area contributed by atoms with Gasteiger partial charge in [-0.3, -0.25) is 14.3 Å². The fourth-order valence-corrected chi connectivity index (χ4v) is 6.14. The number of aryl methyl sites for hydroxylation is 1. The molecule has 1 aliphatic heterocycles. The lowest BCUT2D eigenvalue weighted by Crippen LogP contribution is -2.20. The normalized spacial score (nSPS) is 16.7. The molecule has 0 radical (unpaired) electrons. The molecule has 1 unspecified atom stereocenters. The van der Waals surface area contributed by atoms with Crippen LogP contribution in [-0.2, 0) is 22.5 Å². The third-order valence-electron chi connectivity index (χ3n) is 8.53. The second-order valence-corrected chi connectivity index (χ2v) is 13.8. The number of sulfonamides is 1. The molecule has 1 amide bonds. The first kappa shape index (κ1) is 31.0. The van der Waals surface area contributed by atoms with Gasteiger partial charge < -0.3 is 14.6 Å². The van der Waals surface area contributed by atoms with Crippen LogP contribution in [0.25, 0.3) is 0 Å². The number of ketones is 1. The average Bonchev–Trinajstić information content (AvgIpc) is 3.40. The van der Waals surface area contributed by atoms with E-state index in [1.54, 1.807) is 53.2 Å². The van der Waals surface area contributed by atoms with Crippen molar-refractivity contribution in [2.45, 2.75) is 38.1 Å². The number of carbonyl (C=O) groups excluding carboxylic acids is 2. The number of benzene rings is 3. The third-order valence-corrected chi connectivity index (χ3v) is 9.12. The van der Waals surface area contributed by atoms with Crippen LogP contribution in [-0.4, -0.2) is 49.6 Å². The largest absolute Gasteiger partial charge is 0.492 e. The van der Waals surface area contributed by atoms with Gasteiger partial charge in [-0.1, -0.05) is 48.5 Å². The molecule has 0 bridgehead atoms. The maximum Gasteiger partial charge on any atom is 0.255 e. The summed E-state index contributed by atoms with van der Waals surface area (Å²) in [5.74, 6) is -0.0407. The molecular weight excluding hydrogens is 606 g/mol. The van der Waals surface area contributed by atoms with Gasteiger partial charge in [0, 0.05) is 18.2 Å². The van der Waals surface area contributed by atoms with Gasteiger partial charge in [0.15, 0.2) is 11.6 Å². The molecular formula is C33H35N7O5S. The molecule has 1 saturated carbocycles. The van der Waals surface area contributed by atoms with Crippen molar-refractivity contribution in [1.29, 1.82) is 0 Å². The van der Waals surface area contributed by atoms with Crippen molar-refractivity contribution in [2.24, 2.45) is 17.4 Å². The predicted octanol–water partition coefficient (Wildman–Crippen LogP) is 5.57. The lowest BCUT2D eigenvalue weighted by Gasteiger charge is -2.20. The summed E-state index contributed by atoms with van der Waals surface area (Å²) in [5, 5.41) is 13.5. The predicted molar refractivity (Wildman–Crippen MR) is 175 cm³/mol. The molecule has 2 heterocycles. The van der Waals surface area contributed by atoms with E-state index in [0.717, 1.165) is 35.9 Å². The number of hydrogen-bond acceptors (Lipinski definition) is 9. The number of ether oxygens (including phenoxy) is 1. The molecule has 4 aromatic rings. The zero-order valence-corrected chi connectivity index (χ0v) is 27.1. The number of amides is 1. The number of aromatic nitrogens is 2. The van der Waals surface area contributed by atoms with Crippen molar-refractivity contribution in [3.05, 3.63) is 101 Å². The molecule has 238 valence electrons. The van der Waals surface area contributed by atoms with Gasteiger partial charge in [0.05, 0.1) is 48.9 Å². The molecule has 0 saturated heterocycles. The van der Waals surface area contributed by atoms with Crippen LogP contribution >= 0.6 is 0 Å². The van der Waals surface area contributed by atoms with Crippen molar-refractivity contribution in [1.82, 2.24) is 9.55 Å². The Morgan fingerprint density at radius 3 is 2.41 bits per heavy atom. The van der Waals surface area contributed by atoms with Crippen molar-refractivity contribution in [3.63, 3.8) is 0 Å². The molecule has 1 aromatic heterocycles. The number of methoxy groups -OCH3 is 1. The van der Waals surface area contributed by atoms with E-state index in [-0.39, 0.29) is 28.7 Å². The summed E-state index contributed by atoms with van der Waals surface area (Å²) in [6, 6.07) is 17.5. The first-order valence-electron chi connectivity index (χ1n) is 14.8. The van der Waals surface area contributed by atoms with Crippen LogP contribution in [0.3, 0.4) is 0 Å².